The van der Waals surface area contributed by atoms with Gasteiger partial charge in [0.25, 0.3) is 0 Å². The Kier molecular flexibility index (Phi) is 5.56. The van der Waals surface area contributed by atoms with Gasteiger partial charge in [0, 0.05) is 32.4 Å². The summed E-state index contributed by atoms with van der Waals surface area (Å²) in [5, 5.41) is 9.37. The van der Waals surface area contributed by atoms with Gasteiger partial charge in [-0.2, -0.15) is 0 Å². The highest BCUT2D eigenvalue weighted by Crippen LogP contribution is 2.33. The Balaban J connectivity index is 1.72. The second-order valence-electron chi connectivity index (χ2n) is 6.47. The van der Waals surface area contributed by atoms with Gasteiger partial charge in [-0.3, -0.25) is 4.90 Å². The van der Waals surface area contributed by atoms with Crippen LogP contribution in [0.2, 0.25) is 0 Å². The number of rotatable bonds is 7. The van der Waals surface area contributed by atoms with E-state index in [1.54, 1.807) is 0 Å². The average molecular weight is 327 g/mol. The van der Waals surface area contributed by atoms with Crippen LogP contribution in [0.3, 0.4) is 0 Å². The molecule has 1 fully saturated rings. The Labute approximate surface area is 143 Å². The molecule has 1 aromatic carbocycles. The van der Waals surface area contributed by atoms with Gasteiger partial charge in [0.1, 0.15) is 5.60 Å². The standard InChI is InChI=1S/C19H25N3O2/c1-19(9-5-13-24-19)18-20-10-8-17(21-18)15-22(11-12-23)14-16-6-3-2-4-7-16/h2-4,6-8,10,23H,5,9,11-15H2,1H3. The van der Waals surface area contributed by atoms with Crippen LogP contribution in [-0.4, -0.2) is 39.7 Å². The summed E-state index contributed by atoms with van der Waals surface area (Å²) in [6, 6.07) is 12.2. The molecular formula is C19H25N3O2. The van der Waals surface area contributed by atoms with Gasteiger partial charge in [-0.15, -0.1) is 0 Å². The second-order valence-corrected chi connectivity index (χ2v) is 6.47. The Morgan fingerprint density at radius 2 is 2.04 bits per heavy atom. The van der Waals surface area contributed by atoms with Crippen LogP contribution in [0.15, 0.2) is 42.6 Å². The number of aliphatic hydroxyl groups is 1. The van der Waals surface area contributed by atoms with E-state index in [0.717, 1.165) is 37.5 Å². The summed E-state index contributed by atoms with van der Waals surface area (Å²) in [5.74, 6) is 0.765. The molecule has 1 saturated heterocycles. The van der Waals surface area contributed by atoms with Crippen LogP contribution in [0, 0.1) is 0 Å². The first-order valence-electron chi connectivity index (χ1n) is 8.53. The smallest absolute Gasteiger partial charge is 0.160 e. The molecule has 1 atom stereocenters. The highest BCUT2D eigenvalue weighted by Gasteiger charge is 2.34. The molecule has 128 valence electrons. The normalized spacial score (nSPS) is 20.6. The Bertz CT molecular complexity index is 642. The van der Waals surface area contributed by atoms with Gasteiger partial charge in [0.15, 0.2) is 5.82 Å². The fourth-order valence-corrected chi connectivity index (χ4v) is 3.12. The van der Waals surface area contributed by atoms with E-state index in [-0.39, 0.29) is 12.2 Å². The molecule has 0 aliphatic carbocycles. The SMILES string of the molecule is CC1(c2nccc(CN(CCO)Cc3ccccc3)n2)CCCO1. The number of nitrogens with zero attached hydrogens (tertiary/aromatic N) is 3. The van der Waals surface area contributed by atoms with Crippen molar-refractivity contribution in [2.45, 2.75) is 38.5 Å². The molecule has 24 heavy (non-hydrogen) atoms. The largest absolute Gasteiger partial charge is 0.395 e. The van der Waals surface area contributed by atoms with Crippen molar-refractivity contribution >= 4 is 0 Å². The van der Waals surface area contributed by atoms with Crippen molar-refractivity contribution in [3.05, 3.63) is 59.7 Å². The molecule has 1 aliphatic rings. The number of ether oxygens (including phenoxy) is 1. The van der Waals surface area contributed by atoms with Gasteiger partial charge in [0.2, 0.25) is 0 Å². The molecular weight excluding hydrogens is 302 g/mol. The maximum atomic E-state index is 9.37. The van der Waals surface area contributed by atoms with Gasteiger partial charge < -0.3 is 9.84 Å². The van der Waals surface area contributed by atoms with Crippen LogP contribution in [-0.2, 0) is 23.4 Å². The van der Waals surface area contributed by atoms with Gasteiger partial charge in [0.05, 0.1) is 12.3 Å². The molecule has 2 aromatic rings. The molecule has 2 heterocycles. The van der Waals surface area contributed by atoms with E-state index < -0.39 is 0 Å². The van der Waals surface area contributed by atoms with E-state index in [2.05, 4.69) is 28.9 Å². The lowest BCUT2D eigenvalue weighted by Crippen LogP contribution is -2.28. The zero-order valence-corrected chi connectivity index (χ0v) is 14.2. The van der Waals surface area contributed by atoms with Crippen molar-refractivity contribution in [2.24, 2.45) is 0 Å². The van der Waals surface area contributed by atoms with Crippen molar-refractivity contribution in [1.82, 2.24) is 14.9 Å². The van der Waals surface area contributed by atoms with Crippen molar-refractivity contribution in [2.75, 3.05) is 19.8 Å². The number of hydrogen-bond acceptors (Lipinski definition) is 5. The van der Waals surface area contributed by atoms with Gasteiger partial charge in [-0.25, -0.2) is 9.97 Å². The Morgan fingerprint density at radius 3 is 2.75 bits per heavy atom. The predicted octanol–water partition coefficient (Wildman–Crippen LogP) is 2.50. The highest BCUT2D eigenvalue weighted by molar-refractivity contribution is 5.15. The zero-order valence-electron chi connectivity index (χ0n) is 14.2. The molecule has 0 spiro atoms. The maximum absolute atomic E-state index is 9.37. The molecule has 0 amide bonds. The van der Waals surface area contributed by atoms with E-state index in [1.807, 2.05) is 30.5 Å². The lowest BCUT2D eigenvalue weighted by Gasteiger charge is -2.24. The van der Waals surface area contributed by atoms with Gasteiger partial charge >= 0.3 is 0 Å². The number of benzene rings is 1. The summed E-state index contributed by atoms with van der Waals surface area (Å²) in [6.45, 7) is 5.05. The van der Waals surface area contributed by atoms with E-state index in [0.29, 0.717) is 13.1 Å². The zero-order chi connectivity index (χ0) is 16.8. The first-order chi connectivity index (χ1) is 11.7. The van der Waals surface area contributed by atoms with Crippen LogP contribution in [0.4, 0.5) is 0 Å². The van der Waals surface area contributed by atoms with E-state index in [1.165, 1.54) is 5.56 Å². The summed E-state index contributed by atoms with van der Waals surface area (Å²) in [5.41, 5.74) is 1.82. The van der Waals surface area contributed by atoms with E-state index in [9.17, 15) is 5.11 Å². The van der Waals surface area contributed by atoms with Crippen LogP contribution in [0.5, 0.6) is 0 Å². The van der Waals surface area contributed by atoms with Crippen LogP contribution in [0.1, 0.15) is 36.8 Å². The third-order valence-corrected chi connectivity index (χ3v) is 4.46. The van der Waals surface area contributed by atoms with Crippen molar-refractivity contribution in [1.29, 1.82) is 0 Å². The van der Waals surface area contributed by atoms with Crippen molar-refractivity contribution in [3.63, 3.8) is 0 Å². The molecule has 3 rings (SSSR count). The van der Waals surface area contributed by atoms with Crippen molar-refractivity contribution in [3.8, 4) is 0 Å². The molecule has 0 saturated carbocycles. The minimum atomic E-state index is -0.364. The van der Waals surface area contributed by atoms with Gasteiger partial charge in [-0.05, 0) is 31.4 Å². The fraction of sp³-hybridized carbons (Fsp3) is 0.474. The topological polar surface area (TPSA) is 58.5 Å². The van der Waals surface area contributed by atoms with Crippen LogP contribution in [0.25, 0.3) is 0 Å². The first kappa shape index (κ1) is 17.0. The first-order valence-corrected chi connectivity index (χ1v) is 8.53. The van der Waals surface area contributed by atoms with Crippen LogP contribution >= 0.6 is 0 Å². The second kappa shape index (κ2) is 7.83. The Morgan fingerprint density at radius 1 is 1.21 bits per heavy atom. The third kappa shape index (κ3) is 4.17. The highest BCUT2D eigenvalue weighted by atomic mass is 16.5. The average Bonchev–Trinajstić information content (AvgIpc) is 3.04. The number of aliphatic hydroxyl groups excluding tert-OH is 1. The van der Waals surface area contributed by atoms with Gasteiger partial charge in [-0.1, -0.05) is 30.3 Å². The van der Waals surface area contributed by atoms with Crippen molar-refractivity contribution < 1.29 is 9.84 Å². The summed E-state index contributed by atoms with van der Waals surface area (Å²) < 4.78 is 5.85. The maximum Gasteiger partial charge on any atom is 0.160 e. The molecule has 0 bridgehead atoms. The Hall–Kier alpha value is -1.82. The summed E-state index contributed by atoms with van der Waals surface area (Å²) in [6.07, 6.45) is 3.82. The van der Waals surface area contributed by atoms with E-state index >= 15 is 0 Å². The lowest BCUT2D eigenvalue weighted by molar-refractivity contribution is 0.00899. The molecule has 5 heteroatoms. The third-order valence-electron chi connectivity index (χ3n) is 4.46. The molecule has 1 aliphatic heterocycles. The predicted molar refractivity (Wildman–Crippen MR) is 92.2 cm³/mol. The summed E-state index contributed by atoms with van der Waals surface area (Å²) in [4.78, 5) is 11.4. The quantitative estimate of drug-likeness (QED) is 0.847. The number of hydrogen-bond donors (Lipinski definition) is 1. The fourth-order valence-electron chi connectivity index (χ4n) is 3.12. The minimum absolute atomic E-state index is 0.131. The summed E-state index contributed by atoms with van der Waals surface area (Å²) >= 11 is 0. The van der Waals surface area contributed by atoms with Crippen LogP contribution < -0.4 is 0 Å². The number of aromatic nitrogens is 2. The summed E-state index contributed by atoms with van der Waals surface area (Å²) in [7, 11) is 0. The molecule has 5 nitrogen and oxygen atoms in total. The molecule has 1 N–H and O–H groups in total. The minimum Gasteiger partial charge on any atom is -0.395 e. The van der Waals surface area contributed by atoms with E-state index in [4.69, 9.17) is 9.72 Å². The molecule has 1 unspecified atom stereocenters. The lowest BCUT2D eigenvalue weighted by atomic mass is 10.0. The monoisotopic (exact) mass is 327 g/mol. The molecule has 1 aromatic heterocycles. The molecule has 0 radical (unpaired) electrons.